The Kier molecular flexibility index (Phi) is 4.18. The van der Waals surface area contributed by atoms with Crippen molar-refractivity contribution in [3.63, 3.8) is 0 Å². The number of ether oxygens (including phenoxy) is 1. The van der Waals surface area contributed by atoms with E-state index in [1.807, 2.05) is 6.07 Å². The van der Waals surface area contributed by atoms with Crippen LogP contribution in [0.4, 0.5) is 0 Å². The first-order valence-electron chi connectivity index (χ1n) is 7.42. The average molecular weight is 302 g/mol. The summed E-state index contributed by atoms with van der Waals surface area (Å²) in [6.45, 7) is 5.83. The minimum atomic E-state index is 0.439. The van der Waals surface area contributed by atoms with E-state index < -0.39 is 0 Å². The molecule has 0 saturated carbocycles. The third-order valence-electron chi connectivity index (χ3n) is 3.77. The quantitative estimate of drug-likeness (QED) is 0.901. The molecule has 0 radical (unpaired) electrons. The van der Waals surface area contributed by atoms with Crippen molar-refractivity contribution in [1.82, 2.24) is 5.32 Å². The zero-order valence-corrected chi connectivity index (χ0v) is 13.2. The SMILES string of the molecule is CC(C)NCc1cc(-c2cccc3c2OCC3)ccc1Cl. The second kappa shape index (κ2) is 6.08. The van der Waals surface area contributed by atoms with E-state index in [1.54, 1.807) is 0 Å². The summed E-state index contributed by atoms with van der Waals surface area (Å²) in [5.41, 5.74) is 4.74. The molecule has 21 heavy (non-hydrogen) atoms. The highest BCUT2D eigenvalue weighted by molar-refractivity contribution is 6.31. The Balaban J connectivity index is 1.96. The smallest absolute Gasteiger partial charge is 0.130 e. The summed E-state index contributed by atoms with van der Waals surface area (Å²) >= 11 is 6.31. The first-order chi connectivity index (χ1) is 10.1. The number of halogens is 1. The molecule has 0 unspecified atom stereocenters. The van der Waals surface area contributed by atoms with E-state index in [2.05, 4.69) is 49.5 Å². The molecule has 1 N–H and O–H groups in total. The number of nitrogens with one attached hydrogen (secondary N) is 1. The van der Waals surface area contributed by atoms with Crippen LogP contribution in [0.2, 0.25) is 5.02 Å². The minimum Gasteiger partial charge on any atom is -0.492 e. The van der Waals surface area contributed by atoms with Crippen molar-refractivity contribution in [3.8, 4) is 16.9 Å². The number of para-hydroxylation sites is 1. The van der Waals surface area contributed by atoms with E-state index in [-0.39, 0.29) is 0 Å². The van der Waals surface area contributed by atoms with Gasteiger partial charge in [-0.25, -0.2) is 0 Å². The Labute approximate surface area is 131 Å². The van der Waals surface area contributed by atoms with Crippen LogP contribution in [0.1, 0.15) is 25.0 Å². The third-order valence-corrected chi connectivity index (χ3v) is 4.14. The molecule has 0 spiro atoms. The van der Waals surface area contributed by atoms with Crippen molar-refractivity contribution >= 4 is 11.6 Å². The van der Waals surface area contributed by atoms with Gasteiger partial charge in [0.2, 0.25) is 0 Å². The molecule has 0 aliphatic carbocycles. The molecule has 0 bridgehead atoms. The van der Waals surface area contributed by atoms with Gasteiger partial charge in [-0.05, 0) is 28.8 Å². The van der Waals surface area contributed by atoms with Crippen LogP contribution in [0.3, 0.4) is 0 Å². The van der Waals surface area contributed by atoms with Gasteiger partial charge in [0, 0.05) is 29.6 Å². The maximum atomic E-state index is 6.31. The van der Waals surface area contributed by atoms with Gasteiger partial charge in [-0.15, -0.1) is 0 Å². The predicted octanol–water partition coefficient (Wildman–Crippen LogP) is 4.44. The van der Waals surface area contributed by atoms with Gasteiger partial charge in [0.05, 0.1) is 6.61 Å². The normalized spacial score (nSPS) is 13.3. The lowest BCUT2D eigenvalue weighted by Crippen LogP contribution is -2.21. The van der Waals surface area contributed by atoms with Gasteiger partial charge in [-0.3, -0.25) is 0 Å². The summed E-state index contributed by atoms with van der Waals surface area (Å²) in [6.07, 6.45) is 0.999. The van der Waals surface area contributed by atoms with Gasteiger partial charge < -0.3 is 10.1 Å². The van der Waals surface area contributed by atoms with Gasteiger partial charge in [0.1, 0.15) is 5.75 Å². The number of hydrogen-bond acceptors (Lipinski definition) is 2. The van der Waals surface area contributed by atoms with E-state index in [0.29, 0.717) is 6.04 Å². The lowest BCUT2D eigenvalue weighted by atomic mass is 9.99. The molecule has 0 amide bonds. The van der Waals surface area contributed by atoms with E-state index >= 15 is 0 Å². The summed E-state index contributed by atoms with van der Waals surface area (Å²) in [4.78, 5) is 0. The zero-order chi connectivity index (χ0) is 14.8. The van der Waals surface area contributed by atoms with Crippen LogP contribution >= 0.6 is 11.6 Å². The van der Waals surface area contributed by atoms with Crippen molar-refractivity contribution < 1.29 is 4.74 Å². The fourth-order valence-corrected chi connectivity index (χ4v) is 2.82. The molecule has 0 saturated heterocycles. The van der Waals surface area contributed by atoms with Crippen LogP contribution in [-0.4, -0.2) is 12.6 Å². The molecular weight excluding hydrogens is 282 g/mol. The van der Waals surface area contributed by atoms with Crippen molar-refractivity contribution in [2.24, 2.45) is 0 Å². The molecule has 3 heteroatoms. The Morgan fingerprint density at radius 1 is 1.24 bits per heavy atom. The van der Waals surface area contributed by atoms with Crippen molar-refractivity contribution in [2.75, 3.05) is 6.61 Å². The molecule has 110 valence electrons. The highest BCUT2D eigenvalue weighted by Crippen LogP contribution is 2.37. The van der Waals surface area contributed by atoms with Crippen molar-refractivity contribution in [1.29, 1.82) is 0 Å². The van der Waals surface area contributed by atoms with Crippen LogP contribution in [0.5, 0.6) is 5.75 Å². The average Bonchev–Trinajstić information content (AvgIpc) is 2.94. The van der Waals surface area contributed by atoms with Crippen LogP contribution in [0.25, 0.3) is 11.1 Å². The maximum absolute atomic E-state index is 6.31. The monoisotopic (exact) mass is 301 g/mol. The molecular formula is C18H20ClNO. The van der Waals surface area contributed by atoms with E-state index in [4.69, 9.17) is 16.3 Å². The third kappa shape index (κ3) is 3.07. The van der Waals surface area contributed by atoms with Crippen LogP contribution in [-0.2, 0) is 13.0 Å². The second-order valence-corrected chi connectivity index (χ2v) is 6.14. The molecule has 1 aliphatic heterocycles. The highest BCUT2D eigenvalue weighted by atomic mass is 35.5. The molecule has 0 atom stereocenters. The summed E-state index contributed by atoms with van der Waals surface area (Å²) in [6, 6.07) is 13.0. The first kappa shape index (κ1) is 14.4. The summed E-state index contributed by atoms with van der Waals surface area (Å²) in [7, 11) is 0. The first-order valence-corrected chi connectivity index (χ1v) is 7.80. The molecule has 1 aliphatic rings. The topological polar surface area (TPSA) is 21.3 Å². The molecule has 3 rings (SSSR count). The standard InChI is InChI=1S/C18H20ClNO/c1-12(2)20-11-15-10-14(6-7-17(15)19)16-5-3-4-13-8-9-21-18(13)16/h3-7,10,12,20H,8-9,11H2,1-2H3. The Morgan fingerprint density at radius 2 is 2.10 bits per heavy atom. The summed E-state index contributed by atoms with van der Waals surface area (Å²) in [5, 5.41) is 4.22. The highest BCUT2D eigenvalue weighted by Gasteiger charge is 2.17. The molecule has 2 nitrogen and oxygen atoms in total. The van der Waals surface area contributed by atoms with Crippen molar-refractivity contribution in [2.45, 2.75) is 32.9 Å². The lowest BCUT2D eigenvalue weighted by molar-refractivity contribution is 0.358. The summed E-state index contributed by atoms with van der Waals surface area (Å²) in [5.74, 6) is 1.03. The second-order valence-electron chi connectivity index (χ2n) is 5.73. The van der Waals surface area contributed by atoms with E-state index in [1.165, 1.54) is 11.1 Å². The van der Waals surface area contributed by atoms with Gasteiger partial charge >= 0.3 is 0 Å². The zero-order valence-electron chi connectivity index (χ0n) is 12.4. The molecule has 2 aromatic carbocycles. The molecule has 2 aromatic rings. The van der Waals surface area contributed by atoms with Gasteiger partial charge in [0.25, 0.3) is 0 Å². The van der Waals surface area contributed by atoms with E-state index in [0.717, 1.165) is 41.5 Å². The Morgan fingerprint density at radius 3 is 2.90 bits per heavy atom. The van der Waals surface area contributed by atoms with Crippen LogP contribution in [0.15, 0.2) is 36.4 Å². The van der Waals surface area contributed by atoms with Crippen molar-refractivity contribution in [3.05, 3.63) is 52.5 Å². The van der Waals surface area contributed by atoms with E-state index in [9.17, 15) is 0 Å². The fourth-order valence-electron chi connectivity index (χ4n) is 2.63. The maximum Gasteiger partial charge on any atom is 0.130 e. The van der Waals surface area contributed by atoms with Gasteiger partial charge in [-0.2, -0.15) is 0 Å². The van der Waals surface area contributed by atoms with Crippen LogP contribution in [0, 0.1) is 0 Å². The van der Waals surface area contributed by atoms with Gasteiger partial charge in [-0.1, -0.05) is 49.7 Å². The Hall–Kier alpha value is -1.51. The minimum absolute atomic E-state index is 0.439. The lowest BCUT2D eigenvalue weighted by Gasteiger charge is -2.13. The number of hydrogen-bond donors (Lipinski definition) is 1. The van der Waals surface area contributed by atoms with Crippen LogP contribution < -0.4 is 10.1 Å². The molecule has 1 heterocycles. The summed E-state index contributed by atoms with van der Waals surface area (Å²) < 4.78 is 5.80. The Bertz CT molecular complexity index is 652. The fraction of sp³-hybridized carbons (Fsp3) is 0.333. The number of rotatable bonds is 4. The molecule has 0 fully saturated rings. The predicted molar refractivity (Wildman–Crippen MR) is 88.1 cm³/mol. The largest absolute Gasteiger partial charge is 0.492 e. The number of fused-ring (bicyclic) bond motifs is 1. The number of benzene rings is 2. The molecule has 0 aromatic heterocycles. The van der Waals surface area contributed by atoms with Gasteiger partial charge in [0.15, 0.2) is 0 Å².